The smallest absolute Gasteiger partial charge is 0.352 e. The summed E-state index contributed by atoms with van der Waals surface area (Å²) in [7, 11) is 0. The van der Waals surface area contributed by atoms with Crippen molar-refractivity contribution in [2.75, 3.05) is 0 Å². The topological polar surface area (TPSA) is 66.4 Å². The summed E-state index contributed by atoms with van der Waals surface area (Å²) in [4.78, 5) is 23.0. The quantitative estimate of drug-likeness (QED) is 0.833. The van der Waals surface area contributed by atoms with E-state index in [0.717, 1.165) is 5.56 Å². The Morgan fingerprint density at radius 3 is 1.95 bits per heavy atom. The second-order valence-electron chi connectivity index (χ2n) is 4.51. The Hall–Kier alpha value is -3.14. The van der Waals surface area contributed by atoms with Crippen molar-refractivity contribution in [3.05, 3.63) is 83.6 Å². The van der Waals surface area contributed by atoms with Gasteiger partial charge in [-0.2, -0.15) is 0 Å². The van der Waals surface area contributed by atoms with E-state index in [1.165, 1.54) is 12.2 Å². The normalized spacial score (nSPS) is 11.4. The van der Waals surface area contributed by atoms with E-state index in [0.29, 0.717) is 5.56 Å². The second-order valence-corrected chi connectivity index (χ2v) is 4.51. The number of carboxylic acids is 1. The van der Waals surface area contributed by atoms with Crippen LogP contribution in [0.1, 0.15) is 11.1 Å². The van der Waals surface area contributed by atoms with Crippen molar-refractivity contribution in [1.29, 1.82) is 0 Å². The van der Waals surface area contributed by atoms with Gasteiger partial charge in [0.2, 0.25) is 5.91 Å². The van der Waals surface area contributed by atoms with E-state index in [2.05, 4.69) is 5.32 Å². The SMILES string of the molecule is O=C(/C=C\c1ccccc1)N/C(=C\c1ccccc1)C(=O)O. The molecule has 0 fully saturated rings. The van der Waals surface area contributed by atoms with Gasteiger partial charge < -0.3 is 10.4 Å². The number of carbonyl (C=O) groups is 2. The Balaban J connectivity index is 2.08. The summed E-state index contributed by atoms with van der Waals surface area (Å²) in [5.74, 6) is -1.68. The van der Waals surface area contributed by atoms with Crippen molar-refractivity contribution in [3.8, 4) is 0 Å². The second kappa shape index (κ2) is 7.59. The standard InChI is InChI=1S/C18H15NO3/c20-17(12-11-14-7-3-1-4-8-14)19-16(18(21)22)13-15-9-5-2-6-10-15/h1-13H,(H,19,20)(H,21,22)/b12-11-,16-13-. The molecule has 0 saturated carbocycles. The molecule has 0 spiro atoms. The number of rotatable bonds is 5. The van der Waals surface area contributed by atoms with Crippen LogP contribution in [0.3, 0.4) is 0 Å². The fraction of sp³-hybridized carbons (Fsp3) is 0. The summed E-state index contributed by atoms with van der Waals surface area (Å²) in [6.07, 6.45) is 4.34. The maximum atomic E-state index is 11.8. The third-order valence-electron chi connectivity index (χ3n) is 2.83. The Labute approximate surface area is 128 Å². The van der Waals surface area contributed by atoms with Gasteiger partial charge in [0.15, 0.2) is 0 Å². The lowest BCUT2D eigenvalue weighted by Gasteiger charge is -2.03. The number of amides is 1. The third-order valence-corrected chi connectivity index (χ3v) is 2.83. The molecule has 1 amide bonds. The number of hydrogen-bond acceptors (Lipinski definition) is 2. The van der Waals surface area contributed by atoms with Gasteiger partial charge >= 0.3 is 5.97 Å². The zero-order valence-corrected chi connectivity index (χ0v) is 11.8. The van der Waals surface area contributed by atoms with Crippen molar-refractivity contribution < 1.29 is 14.7 Å². The average Bonchev–Trinajstić information content (AvgIpc) is 2.54. The van der Waals surface area contributed by atoms with E-state index in [9.17, 15) is 9.59 Å². The molecule has 4 heteroatoms. The highest BCUT2D eigenvalue weighted by atomic mass is 16.4. The summed E-state index contributed by atoms with van der Waals surface area (Å²) in [5, 5.41) is 11.5. The minimum atomic E-state index is -1.19. The van der Waals surface area contributed by atoms with Crippen molar-refractivity contribution in [1.82, 2.24) is 5.32 Å². The van der Waals surface area contributed by atoms with E-state index in [4.69, 9.17) is 5.11 Å². The Kier molecular flexibility index (Phi) is 5.26. The van der Waals surface area contributed by atoms with E-state index in [1.54, 1.807) is 30.3 Å². The summed E-state index contributed by atoms with van der Waals surface area (Å²) >= 11 is 0. The highest BCUT2D eigenvalue weighted by Crippen LogP contribution is 2.05. The monoisotopic (exact) mass is 293 g/mol. The first kappa shape index (κ1) is 15.3. The highest BCUT2D eigenvalue weighted by Gasteiger charge is 2.09. The molecule has 0 aliphatic rings. The molecule has 0 heterocycles. The fourth-order valence-electron chi connectivity index (χ4n) is 1.78. The Bertz CT molecular complexity index is 704. The molecule has 2 N–H and O–H groups in total. The molecule has 2 aromatic carbocycles. The van der Waals surface area contributed by atoms with Crippen LogP contribution in [0.5, 0.6) is 0 Å². The summed E-state index contributed by atoms with van der Waals surface area (Å²) in [6, 6.07) is 18.2. The number of nitrogens with one attached hydrogen (secondary N) is 1. The van der Waals surface area contributed by atoms with Crippen molar-refractivity contribution in [2.24, 2.45) is 0 Å². The van der Waals surface area contributed by atoms with Crippen LogP contribution in [0.2, 0.25) is 0 Å². The number of hydrogen-bond donors (Lipinski definition) is 2. The molecule has 2 aromatic rings. The first-order valence-electron chi connectivity index (χ1n) is 6.69. The van der Waals surface area contributed by atoms with Crippen LogP contribution in [0.4, 0.5) is 0 Å². The molecular weight excluding hydrogens is 278 g/mol. The number of carbonyl (C=O) groups excluding carboxylic acids is 1. The fourth-order valence-corrected chi connectivity index (χ4v) is 1.78. The average molecular weight is 293 g/mol. The first-order valence-corrected chi connectivity index (χ1v) is 6.69. The van der Waals surface area contributed by atoms with Crippen LogP contribution >= 0.6 is 0 Å². The number of aliphatic carboxylic acids is 1. The molecule has 0 bridgehead atoms. The summed E-state index contributed by atoms with van der Waals surface area (Å²) < 4.78 is 0. The number of benzene rings is 2. The van der Waals surface area contributed by atoms with Gasteiger partial charge in [0.25, 0.3) is 0 Å². The van der Waals surface area contributed by atoms with Crippen molar-refractivity contribution in [2.45, 2.75) is 0 Å². The van der Waals surface area contributed by atoms with Crippen LogP contribution in [0, 0.1) is 0 Å². The molecule has 0 aliphatic carbocycles. The molecule has 0 aromatic heterocycles. The van der Waals surface area contributed by atoms with Crippen LogP contribution in [-0.2, 0) is 9.59 Å². The van der Waals surface area contributed by atoms with E-state index >= 15 is 0 Å². The first-order chi connectivity index (χ1) is 10.6. The van der Waals surface area contributed by atoms with Crippen LogP contribution in [-0.4, -0.2) is 17.0 Å². The third kappa shape index (κ3) is 4.76. The maximum absolute atomic E-state index is 11.8. The zero-order valence-electron chi connectivity index (χ0n) is 11.8. The van der Waals surface area contributed by atoms with E-state index in [-0.39, 0.29) is 5.70 Å². The minimum Gasteiger partial charge on any atom is -0.477 e. The van der Waals surface area contributed by atoms with Gasteiger partial charge in [-0.05, 0) is 23.3 Å². The van der Waals surface area contributed by atoms with Gasteiger partial charge in [-0.1, -0.05) is 60.7 Å². The summed E-state index contributed by atoms with van der Waals surface area (Å²) in [5.41, 5.74) is 1.39. The highest BCUT2D eigenvalue weighted by molar-refractivity contribution is 6.01. The lowest BCUT2D eigenvalue weighted by atomic mass is 10.2. The van der Waals surface area contributed by atoms with Gasteiger partial charge in [-0.25, -0.2) is 4.79 Å². The van der Waals surface area contributed by atoms with E-state index in [1.807, 2.05) is 36.4 Å². The van der Waals surface area contributed by atoms with Gasteiger partial charge in [0.1, 0.15) is 5.70 Å². The number of carboxylic acid groups (broad SMARTS) is 1. The minimum absolute atomic E-state index is 0.172. The molecule has 0 unspecified atom stereocenters. The predicted molar refractivity (Wildman–Crippen MR) is 85.7 cm³/mol. The zero-order chi connectivity index (χ0) is 15.8. The Morgan fingerprint density at radius 1 is 0.864 bits per heavy atom. The molecular formula is C18H15NO3. The maximum Gasteiger partial charge on any atom is 0.352 e. The lowest BCUT2D eigenvalue weighted by molar-refractivity contribution is -0.134. The lowest BCUT2D eigenvalue weighted by Crippen LogP contribution is -2.25. The molecule has 4 nitrogen and oxygen atoms in total. The van der Waals surface area contributed by atoms with Crippen LogP contribution in [0.25, 0.3) is 12.2 Å². The van der Waals surface area contributed by atoms with Crippen LogP contribution < -0.4 is 5.32 Å². The molecule has 0 aliphatic heterocycles. The largest absolute Gasteiger partial charge is 0.477 e. The molecule has 0 radical (unpaired) electrons. The van der Waals surface area contributed by atoms with Gasteiger partial charge in [-0.3, -0.25) is 4.79 Å². The summed E-state index contributed by atoms with van der Waals surface area (Å²) in [6.45, 7) is 0. The van der Waals surface area contributed by atoms with Crippen LogP contribution in [0.15, 0.2) is 72.4 Å². The molecule has 0 atom stereocenters. The van der Waals surface area contributed by atoms with Crippen molar-refractivity contribution in [3.63, 3.8) is 0 Å². The van der Waals surface area contributed by atoms with Gasteiger partial charge in [0.05, 0.1) is 0 Å². The molecule has 2 rings (SSSR count). The molecule has 22 heavy (non-hydrogen) atoms. The van der Waals surface area contributed by atoms with Gasteiger partial charge in [-0.15, -0.1) is 0 Å². The molecule has 0 saturated heterocycles. The Morgan fingerprint density at radius 2 is 1.41 bits per heavy atom. The van der Waals surface area contributed by atoms with Crippen molar-refractivity contribution >= 4 is 24.0 Å². The molecule has 110 valence electrons. The van der Waals surface area contributed by atoms with E-state index < -0.39 is 11.9 Å². The predicted octanol–water partition coefficient (Wildman–Crippen LogP) is 2.94. The van der Waals surface area contributed by atoms with Gasteiger partial charge in [0, 0.05) is 6.08 Å².